The summed E-state index contributed by atoms with van der Waals surface area (Å²) in [7, 11) is 0. The van der Waals surface area contributed by atoms with Crippen LogP contribution in [0.3, 0.4) is 0 Å². The summed E-state index contributed by atoms with van der Waals surface area (Å²) in [6.45, 7) is 3.21. The Balaban J connectivity index is 1.48. The number of nitrogens with one attached hydrogen (secondary N) is 1. The Morgan fingerprint density at radius 1 is 1.35 bits per heavy atom. The second-order valence-corrected chi connectivity index (χ2v) is 6.59. The standard InChI is InChI=1S/C19H20N4O3/c1-2-13-10-17(22-26-13)19(25)23-8-5-12(6-9-23)15-11-16-14(18(24)21-15)4-3-7-20-16/h3-4,7,10-12H,2,5-6,8-9H2,1H3,(H,21,24). The van der Waals surface area contributed by atoms with Crippen LogP contribution in [0, 0.1) is 0 Å². The van der Waals surface area contributed by atoms with E-state index in [9.17, 15) is 9.59 Å². The van der Waals surface area contributed by atoms with Crippen molar-refractivity contribution in [2.45, 2.75) is 32.1 Å². The molecule has 26 heavy (non-hydrogen) atoms. The monoisotopic (exact) mass is 352 g/mol. The lowest BCUT2D eigenvalue weighted by atomic mass is 9.92. The molecule has 1 aliphatic rings. The summed E-state index contributed by atoms with van der Waals surface area (Å²) in [5.41, 5.74) is 1.85. The number of fused-ring (bicyclic) bond motifs is 1. The molecular weight excluding hydrogens is 332 g/mol. The van der Waals surface area contributed by atoms with Gasteiger partial charge in [0.1, 0.15) is 5.76 Å². The van der Waals surface area contributed by atoms with Gasteiger partial charge in [-0.25, -0.2) is 0 Å². The highest BCUT2D eigenvalue weighted by Crippen LogP contribution is 2.28. The Bertz CT molecular complexity index is 999. The number of carbonyl (C=O) groups is 1. The van der Waals surface area contributed by atoms with Crippen LogP contribution in [-0.2, 0) is 6.42 Å². The maximum atomic E-state index is 12.5. The van der Waals surface area contributed by atoms with E-state index in [1.807, 2.05) is 13.0 Å². The number of H-pyrrole nitrogens is 1. The van der Waals surface area contributed by atoms with Crippen molar-refractivity contribution in [2.75, 3.05) is 13.1 Å². The van der Waals surface area contributed by atoms with Crippen molar-refractivity contribution in [1.82, 2.24) is 20.0 Å². The molecule has 3 aromatic heterocycles. The largest absolute Gasteiger partial charge is 0.361 e. The van der Waals surface area contributed by atoms with Gasteiger partial charge in [0.25, 0.3) is 11.5 Å². The number of likely N-dealkylation sites (tertiary alicyclic amines) is 1. The van der Waals surface area contributed by atoms with E-state index >= 15 is 0 Å². The third kappa shape index (κ3) is 3.00. The second-order valence-electron chi connectivity index (χ2n) is 6.59. The molecule has 1 saturated heterocycles. The Hall–Kier alpha value is -2.96. The molecule has 0 radical (unpaired) electrons. The van der Waals surface area contributed by atoms with Gasteiger partial charge in [0.2, 0.25) is 0 Å². The van der Waals surface area contributed by atoms with Crippen molar-refractivity contribution >= 4 is 16.8 Å². The van der Waals surface area contributed by atoms with E-state index in [1.165, 1.54) is 0 Å². The van der Waals surface area contributed by atoms with Crippen LogP contribution in [0.2, 0.25) is 0 Å². The fraction of sp³-hybridized carbons (Fsp3) is 0.368. The van der Waals surface area contributed by atoms with E-state index in [0.29, 0.717) is 41.9 Å². The number of piperidine rings is 1. The summed E-state index contributed by atoms with van der Waals surface area (Å²) in [6.07, 6.45) is 3.98. The highest BCUT2D eigenvalue weighted by molar-refractivity contribution is 5.92. The molecule has 7 heteroatoms. The average Bonchev–Trinajstić information content (AvgIpc) is 3.17. The number of pyridine rings is 2. The molecule has 0 spiro atoms. The highest BCUT2D eigenvalue weighted by Gasteiger charge is 2.27. The Morgan fingerprint density at radius 2 is 2.15 bits per heavy atom. The van der Waals surface area contributed by atoms with Crippen molar-refractivity contribution in [3.8, 4) is 0 Å². The van der Waals surface area contributed by atoms with Crippen molar-refractivity contribution in [2.24, 2.45) is 0 Å². The fourth-order valence-corrected chi connectivity index (χ4v) is 3.46. The van der Waals surface area contributed by atoms with Crippen LogP contribution >= 0.6 is 0 Å². The van der Waals surface area contributed by atoms with Crippen LogP contribution in [-0.4, -0.2) is 39.0 Å². The first-order chi connectivity index (χ1) is 12.7. The minimum atomic E-state index is -0.112. The minimum absolute atomic E-state index is 0.0967. The predicted octanol–water partition coefficient (Wildman–Crippen LogP) is 2.49. The first-order valence-electron chi connectivity index (χ1n) is 8.88. The molecule has 4 heterocycles. The Labute approximate surface area is 150 Å². The second kappa shape index (κ2) is 6.74. The first kappa shape index (κ1) is 16.5. The summed E-state index contributed by atoms with van der Waals surface area (Å²) in [6, 6.07) is 7.19. The molecule has 1 N–H and O–H groups in total. The molecule has 134 valence electrons. The third-order valence-corrected chi connectivity index (χ3v) is 4.98. The highest BCUT2D eigenvalue weighted by atomic mass is 16.5. The molecule has 4 rings (SSSR count). The van der Waals surface area contributed by atoms with Crippen LogP contribution < -0.4 is 5.56 Å². The SMILES string of the molecule is CCc1cc(C(=O)N2CCC(c3cc4ncccc4c(=O)[nH]3)CC2)no1. The molecule has 3 aromatic rings. The van der Waals surface area contributed by atoms with E-state index in [0.717, 1.165) is 18.5 Å². The number of aryl methyl sites for hydroxylation is 1. The van der Waals surface area contributed by atoms with Crippen molar-refractivity contribution in [1.29, 1.82) is 0 Å². The summed E-state index contributed by atoms with van der Waals surface area (Å²) < 4.78 is 5.13. The number of aromatic nitrogens is 3. The predicted molar refractivity (Wildman–Crippen MR) is 96.1 cm³/mol. The molecule has 1 aliphatic heterocycles. The third-order valence-electron chi connectivity index (χ3n) is 4.98. The molecule has 7 nitrogen and oxygen atoms in total. The summed E-state index contributed by atoms with van der Waals surface area (Å²) in [5.74, 6) is 0.826. The quantitative estimate of drug-likeness (QED) is 0.782. The van der Waals surface area contributed by atoms with Crippen LogP contribution in [0.25, 0.3) is 10.9 Å². The molecule has 0 bridgehead atoms. The van der Waals surface area contributed by atoms with E-state index in [4.69, 9.17) is 4.52 Å². The lowest BCUT2D eigenvalue weighted by Gasteiger charge is -2.31. The summed E-state index contributed by atoms with van der Waals surface area (Å²) >= 11 is 0. The fourth-order valence-electron chi connectivity index (χ4n) is 3.46. The Morgan fingerprint density at radius 3 is 2.88 bits per heavy atom. The van der Waals surface area contributed by atoms with Gasteiger partial charge in [0.15, 0.2) is 5.69 Å². The van der Waals surface area contributed by atoms with Crippen LogP contribution in [0.15, 0.2) is 39.8 Å². The van der Waals surface area contributed by atoms with Crippen LogP contribution in [0.1, 0.15) is 47.6 Å². The molecule has 0 aliphatic carbocycles. The summed E-state index contributed by atoms with van der Waals surface area (Å²) in [4.78, 5) is 33.9. The van der Waals surface area contributed by atoms with Gasteiger partial charge in [-0.15, -0.1) is 0 Å². The number of rotatable bonds is 3. The van der Waals surface area contributed by atoms with Gasteiger partial charge in [-0.05, 0) is 31.0 Å². The molecule has 0 aromatic carbocycles. The first-order valence-corrected chi connectivity index (χ1v) is 8.88. The zero-order valence-electron chi connectivity index (χ0n) is 14.6. The zero-order valence-corrected chi connectivity index (χ0v) is 14.6. The van der Waals surface area contributed by atoms with Gasteiger partial charge in [-0.3, -0.25) is 14.6 Å². The van der Waals surface area contributed by atoms with Crippen LogP contribution in [0.5, 0.6) is 0 Å². The lowest BCUT2D eigenvalue weighted by molar-refractivity contribution is 0.0701. The Kier molecular flexibility index (Phi) is 4.28. The van der Waals surface area contributed by atoms with Gasteiger partial charge in [0.05, 0.1) is 10.9 Å². The molecule has 1 fully saturated rings. The van der Waals surface area contributed by atoms with Gasteiger partial charge in [-0.1, -0.05) is 12.1 Å². The van der Waals surface area contributed by atoms with Crippen LogP contribution in [0.4, 0.5) is 0 Å². The van der Waals surface area contributed by atoms with E-state index in [-0.39, 0.29) is 17.4 Å². The average molecular weight is 352 g/mol. The molecule has 0 saturated carbocycles. The number of nitrogens with zero attached hydrogens (tertiary/aromatic N) is 3. The number of hydrogen-bond donors (Lipinski definition) is 1. The minimum Gasteiger partial charge on any atom is -0.361 e. The molecule has 0 atom stereocenters. The van der Waals surface area contributed by atoms with Crippen molar-refractivity contribution in [3.05, 3.63) is 58.0 Å². The number of carbonyl (C=O) groups excluding carboxylic acids is 1. The van der Waals surface area contributed by atoms with E-state index in [2.05, 4.69) is 15.1 Å². The molecular formula is C19H20N4O3. The van der Waals surface area contributed by atoms with E-state index in [1.54, 1.807) is 29.3 Å². The zero-order chi connectivity index (χ0) is 18.1. The topological polar surface area (TPSA) is 92.1 Å². The smallest absolute Gasteiger partial charge is 0.276 e. The van der Waals surface area contributed by atoms with E-state index < -0.39 is 0 Å². The summed E-state index contributed by atoms with van der Waals surface area (Å²) in [5, 5.41) is 4.46. The number of hydrogen-bond acceptors (Lipinski definition) is 5. The van der Waals surface area contributed by atoms with Gasteiger partial charge < -0.3 is 14.4 Å². The van der Waals surface area contributed by atoms with Gasteiger partial charge in [-0.2, -0.15) is 0 Å². The number of amides is 1. The van der Waals surface area contributed by atoms with Gasteiger partial charge in [0, 0.05) is 43.4 Å². The van der Waals surface area contributed by atoms with Gasteiger partial charge >= 0.3 is 0 Å². The molecule has 1 amide bonds. The maximum absolute atomic E-state index is 12.5. The molecule has 0 unspecified atom stereocenters. The number of aromatic amines is 1. The maximum Gasteiger partial charge on any atom is 0.276 e. The van der Waals surface area contributed by atoms with Crippen molar-refractivity contribution in [3.63, 3.8) is 0 Å². The van der Waals surface area contributed by atoms with Crippen molar-refractivity contribution < 1.29 is 9.32 Å². The lowest BCUT2D eigenvalue weighted by Crippen LogP contribution is -2.38. The normalized spacial score (nSPS) is 15.5.